The van der Waals surface area contributed by atoms with Gasteiger partial charge in [0.15, 0.2) is 5.78 Å². The van der Waals surface area contributed by atoms with Crippen LogP contribution in [0, 0.1) is 0 Å². The van der Waals surface area contributed by atoms with Gasteiger partial charge in [-0.25, -0.2) is 0 Å². The number of nitrogens with zero attached hydrogens (tertiary/aromatic N) is 2. The summed E-state index contributed by atoms with van der Waals surface area (Å²) in [5.74, 6) is 1.32. The van der Waals surface area contributed by atoms with Crippen molar-refractivity contribution in [2.24, 2.45) is 0 Å². The number of Topliss-reactive ketones (excluding diaryl/α,β-unsaturated/α-hetero) is 1. The van der Waals surface area contributed by atoms with Crippen molar-refractivity contribution < 1.29 is 23.9 Å². The van der Waals surface area contributed by atoms with Crippen molar-refractivity contribution in [1.82, 2.24) is 9.80 Å². The van der Waals surface area contributed by atoms with Gasteiger partial charge in [-0.1, -0.05) is 0 Å². The van der Waals surface area contributed by atoms with E-state index in [4.69, 9.17) is 9.47 Å². The lowest BCUT2D eigenvalue weighted by atomic mass is 9.82. The molecule has 3 aliphatic heterocycles. The molecule has 1 aromatic rings. The summed E-state index contributed by atoms with van der Waals surface area (Å²) in [7, 11) is 1.58. The number of rotatable bonds is 3. The lowest BCUT2D eigenvalue weighted by molar-refractivity contribution is -0.145. The normalized spacial score (nSPS) is 22.1. The fraction of sp³-hybridized carbons (Fsp3) is 0.571. The lowest BCUT2D eigenvalue weighted by Gasteiger charge is -2.44. The Morgan fingerprint density at radius 3 is 2.61 bits per heavy atom. The summed E-state index contributed by atoms with van der Waals surface area (Å²) >= 11 is 0. The highest BCUT2D eigenvalue weighted by molar-refractivity contribution is 6.00. The molecule has 3 aliphatic rings. The quantitative estimate of drug-likeness (QED) is 0.795. The molecule has 2 amide bonds. The van der Waals surface area contributed by atoms with E-state index in [-0.39, 0.29) is 17.6 Å². The van der Waals surface area contributed by atoms with E-state index >= 15 is 0 Å². The van der Waals surface area contributed by atoms with Crippen LogP contribution < -0.4 is 9.47 Å². The number of hydrogen-bond acceptors (Lipinski definition) is 5. The topological polar surface area (TPSA) is 76.2 Å². The predicted molar refractivity (Wildman–Crippen MR) is 102 cm³/mol. The van der Waals surface area contributed by atoms with Crippen molar-refractivity contribution in [2.75, 3.05) is 26.7 Å². The second kappa shape index (κ2) is 7.11. The summed E-state index contributed by atoms with van der Waals surface area (Å²) in [6, 6.07) is 4.84. The Labute approximate surface area is 164 Å². The zero-order valence-electron chi connectivity index (χ0n) is 16.4. The van der Waals surface area contributed by atoms with Gasteiger partial charge in [0.2, 0.25) is 11.8 Å². The van der Waals surface area contributed by atoms with Crippen LogP contribution in [0.3, 0.4) is 0 Å². The Morgan fingerprint density at radius 1 is 1.21 bits per heavy atom. The minimum Gasteiger partial charge on any atom is -0.497 e. The van der Waals surface area contributed by atoms with E-state index in [1.165, 1.54) is 0 Å². The van der Waals surface area contributed by atoms with Crippen LogP contribution in [0.25, 0.3) is 0 Å². The third-order valence-corrected chi connectivity index (χ3v) is 6.22. The summed E-state index contributed by atoms with van der Waals surface area (Å²) in [6.45, 7) is 3.51. The first kappa shape index (κ1) is 18.8. The lowest BCUT2D eigenvalue weighted by Crippen LogP contribution is -2.55. The molecule has 1 atom stereocenters. The molecule has 150 valence electrons. The smallest absolute Gasteiger partial charge is 0.245 e. The molecule has 7 nitrogen and oxygen atoms in total. The van der Waals surface area contributed by atoms with Crippen molar-refractivity contribution in [2.45, 2.75) is 50.7 Å². The molecule has 1 aromatic carbocycles. The standard InChI is InChI=1S/C21H26N2O5/c1-14(23-9-3-4-19(23)25)20(26)22-10-7-21(8-11-22)13-17(24)16-6-5-15(27-2)12-18(16)28-21/h5-6,12,14H,3-4,7-11,13H2,1-2H3/t14-/m1/s1. The van der Waals surface area contributed by atoms with Gasteiger partial charge in [0.05, 0.1) is 19.1 Å². The van der Waals surface area contributed by atoms with Crippen molar-refractivity contribution in [3.05, 3.63) is 23.8 Å². The first-order valence-corrected chi connectivity index (χ1v) is 9.91. The molecule has 28 heavy (non-hydrogen) atoms. The van der Waals surface area contributed by atoms with Gasteiger partial charge in [-0.15, -0.1) is 0 Å². The molecule has 3 heterocycles. The summed E-state index contributed by atoms with van der Waals surface area (Å²) in [5, 5.41) is 0. The largest absolute Gasteiger partial charge is 0.497 e. The summed E-state index contributed by atoms with van der Waals surface area (Å²) in [6.07, 6.45) is 2.87. The van der Waals surface area contributed by atoms with Gasteiger partial charge < -0.3 is 19.3 Å². The van der Waals surface area contributed by atoms with E-state index in [2.05, 4.69) is 0 Å². The number of carbonyl (C=O) groups is 3. The second-order valence-corrected chi connectivity index (χ2v) is 7.94. The Bertz CT molecular complexity index is 813. The number of ketones is 1. The van der Waals surface area contributed by atoms with Crippen LogP contribution in [0.5, 0.6) is 11.5 Å². The number of fused-ring (bicyclic) bond motifs is 1. The average Bonchev–Trinajstić information content (AvgIpc) is 3.12. The first-order valence-electron chi connectivity index (χ1n) is 9.91. The Balaban J connectivity index is 1.44. The molecule has 0 saturated carbocycles. The zero-order chi connectivity index (χ0) is 19.9. The first-order chi connectivity index (χ1) is 13.4. The monoisotopic (exact) mass is 386 g/mol. The summed E-state index contributed by atoms with van der Waals surface area (Å²) in [5.41, 5.74) is 0.0195. The van der Waals surface area contributed by atoms with Crippen LogP contribution >= 0.6 is 0 Å². The van der Waals surface area contributed by atoms with Gasteiger partial charge in [0, 0.05) is 45.0 Å². The maximum atomic E-state index is 12.9. The van der Waals surface area contributed by atoms with Crippen LogP contribution in [0.2, 0.25) is 0 Å². The molecule has 0 aromatic heterocycles. The average molecular weight is 386 g/mol. The number of carbonyl (C=O) groups excluding carboxylic acids is 3. The predicted octanol–water partition coefficient (Wildman–Crippen LogP) is 2.03. The molecular formula is C21H26N2O5. The fourth-order valence-corrected chi connectivity index (χ4v) is 4.49. The van der Waals surface area contributed by atoms with Crippen LogP contribution in [0.1, 0.15) is 49.4 Å². The van der Waals surface area contributed by atoms with Crippen molar-refractivity contribution in [3.8, 4) is 11.5 Å². The number of likely N-dealkylation sites (tertiary alicyclic amines) is 2. The van der Waals surface area contributed by atoms with E-state index in [1.807, 2.05) is 0 Å². The van der Waals surface area contributed by atoms with Crippen LogP contribution in [-0.4, -0.2) is 65.8 Å². The molecule has 7 heteroatoms. The number of ether oxygens (including phenoxy) is 2. The van der Waals surface area contributed by atoms with Crippen LogP contribution in [0.15, 0.2) is 18.2 Å². The van der Waals surface area contributed by atoms with Crippen molar-refractivity contribution >= 4 is 17.6 Å². The van der Waals surface area contributed by atoms with Gasteiger partial charge in [-0.05, 0) is 25.5 Å². The minimum atomic E-state index is -0.570. The van der Waals surface area contributed by atoms with Crippen LogP contribution in [-0.2, 0) is 9.59 Å². The number of hydrogen-bond donors (Lipinski definition) is 0. The molecular weight excluding hydrogens is 360 g/mol. The summed E-state index contributed by atoms with van der Waals surface area (Å²) in [4.78, 5) is 40.9. The third-order valence-electron chi connectivity index (χ3n) is 6.22. The van der Waals surface area contributed by atoms with Crippen molar-refractivity contribution in [3.63, 3.8) is 0 Å². The van der Waals surface area contributed by atoms with Gasteiger partial charge >= 0.3 is 0 Å². The molecule has 1 spiro atoms. The van der Waals surface area contributed by atoms with Gasteiger partial charge in [-0.3, -0.25) is 14.4 Å². The van der Waals surface area contributed by atoms with Gasteiger partial charge in [-0.2, -0.15) is 0 Å². The van der Waals surface area contributed by atoms with E-state index in [0.717, 1.165) is 6.42 Å². The number of amides is 2. The molecule has 0 radical (unpaired) electrons. The molecule has 4 rings (SSSR count). The molecule has 0 aliphatic carbocycles. The Hall–Kier alpha value is -2.57. The maximum Gasteiger partial charge on any atom is 0.245 e. The van der Waals surface area contributed by atoms with E-state index in [9.17, 15) is 14.4 Å². The SMILES string of the molecule is COc1ccc2c(c1)OC1(CCN(C(=O)[C@@H](C)N3CCCC3=O)CC1)CC2=O. The van der Waals surface area contributed by atoms with E-state index in [0.29, 0.717) is 62.4 Å². The highest BCUT2D eigenvalue weighted by Crippen LogP contribution is 2.40. The highest BCUT2D eigenvalue weighted by atomic mass is 16.5. The van der Waals surface area contributed by atoms with E-state index < -0.39 is 11.6 Å². The maximum absolute atomic E-state index is 12.9. The summed E-state index contributed by atoms with van der Waals surface area (Å²) < 4.78 is 11.5. The van der Waals surface area contributed by atoms with Gasteiger partial charge in [0.1, 0.15) is 23.1 Å². The number of benzene rings is 1. The highest BCUT2D eigenvalue weighted by Gasteiger charge is 2.44. The van der Waals surface area contributed by atoms with E-state index in [1.54, 1.807) is 42.0 Å². The van der Waals surface area contributed by atoms with Crippen LogP contribution in [0.4, 0.5) is 0 Å². The molecule has 2 fully saturated rings. The third kappa shape index (κ3) is 3.23. The Morgan fingerprint density at radius 2 is 1.96 bits per heavy atom. The molecule has 0 unspecified atom stereocenters. The molecule has 2 saturated heterocycles. The molecule has 0 bridgehead atoms. The Kier molecular flexibility index (Phi) is 4.77. The number of piperidine rings is 1. The van der Waals surface area contributed by atoms with Gasteiger partial charge in [0.25, 0.3) is 0 Å². The molecule has 0 N–H and O–H groups in total. The second-order valence-electron chi connectivity index (χ2n) is 7.94. The minimum absolute atomic E-state index is 0.0192. The van der Waals surface area contributed by atoms with Crippen molar-refractivity contribution in [1.29, 1.82) is 0 Å². The number of methoxy groups -OCH3 is 1. The zero-order valence-corrected chi connectivity index (χ0v) is 16.4. The fourth-order valence-electron chi connectivity index (χ4n) is 4.49.